The predicted octanol–water partition coefficient (Wildman–Crippen LogP) is 5.32. The lowest BCUT2D eigenvalue weighted by Gasteiger charge is -2.24. The van der Waals surface area contributed by atoms with Gasteiger partial charge in [-0.3, -0.25) is 14.5 Å². The first kappa shape index (κ1) is 28.7. The summed E-state index contributed by atoms with van der Waals surface area (Å²) in [4.78, 5) is 41.8. The number of nitrogens with one attached hydrogen (secondary N) is 1. The maximum absolute atomic E-state index is 13.7. The second kappa shape index (κ2) is 13.2. The molecule has 208 valence electrons. The predicted molar refractivity (Wildman–Crippen MR) is 154 cm³/mol. The lowest BCUT2D eigenvalue weighted by molar-refractivity contribution is -0.124. The van der Waals surface area contributed by atoms with Crippen LogP contribution in [0.1, 0.15) is 42.6 Å². The first-order chi connectivity index (χ1) is 19.3. The Kier molecular flexibility index (Phi) is 9.44. The molecule has 3 aromatic carbocycles. The molecule has 10 heteroatoms. The molecule has 1 aliphatic rings. The third-order valence-corrected chi connectivity index (χ3v) is 6.63. The summed E-state index contributed by atoms with van der Waals surface area (Å²) in [6, 6.07) is 18.3. The lowest BCUT2D eigenvalue weighted by Crippen LogP contribution is -2.37. The van der Waals surface area contributed by atoms with E-state index in [1.807, 2.05) is 6.92 Å². The Bertz CT molecular complexity index is 1360. The molecule has 1 aliphatic heterocycles. The zero-order valence-corrected chi connectivity index (χ0v) is 23.1. The van der Waals surface area contributed by atoms with Gasteiger partial charge in [-0.15, -0.1) is 0 Å². The number of rotatable bonds is 11. The summed E-state index contributed by atoms with van der Waals surface area (Å²) >= 11 is 5.70. The van der Waals surface area contributed by atoms with Crippen molar-refractivity contribution in [3.8, 4) is 5.75 Å². The van der Waals surface area contributed by atoms with Gasteiger partial charge in [0.25, 0.3) is 5.91 Å². The number of carbonyl (C=O) groups excluding carboxylic acids is 3. The highest BCUT2D eigenvalue weighted by atomic mass is 32.1. The first-order valence-corrected chi connectivity index (χ1v) is 13.4. The number of nitrogens with zero attached hydrogens (tertiary/aromatic N) is 2. The standard InChI is InChI=1S/C30H30FN3O5S/c1-3-17-39-25-15-11-23(12-16-25)32-27(35)18-26-28(36)34(24-13-7-21(8-14-24)29(37)38-4-2)30(40)33(26)19-20-5-9-22(31)10-6-20/h5-16,26H,3-4,17-19H2,1-2H3,(H,32,35)/t26-/m0/s1. The van der Waals surface area contributed by atoms with Crippen molar-refractivity contribution in [3.63, 3.8) is 0 Å². The second-order valence-corrected chi connectivity index (χ2v) is 9.48. The van der Waals surface area contributed by atoms with Crippen LogP contribution in [0, 0.1) is 5.82 Å². The Morgan fingerprint density at radius 3 is 2.27 bits per heavy atom. The van der Waals surface area contributed by atoms with E-state index in [1.54, 1.807) is 72.5 Å². The SMILES string of the molecule is CCCOc1ccc(NC(=O)C[C@H]2C(=O)N(c3ccc(C(=O)OCC)cc3)C(=S)N2Cc2ccc(F)cc2)cc1. The largest absolute Gasteiger partial charge is 0.494 e. The van der Waals surface area contributed by atoms with Crippen molar-refractivity contribution in [2.75, 3.05) is 23.4 Å². The summed E-state index contributed by atoms with van der Waals surface area (Å²) < 4.78 is 24.1. The van der Waals surface area contributed by atoms with E-state index in [9.17, 15) is 18.8 Å². The van der Waals surface area contributed by atoms with Crippen molar-refractivity contribution in [1.29, 1.82) is 0 Å². The van der Waals surface area contributed by atoms with Crippen LogP contribution in [0.4, 0.5) is 15.8 Å². The van der Waals surface area contributed by atoms with Gasteiger partial charge in [0.1, 0.15) is 17.6 Å². The number of carbonyl (C=O) groups is 3. The Balaban J connectivity index is 1.54. The quantitative estimate of drug-likeness (QED) is 0.250. The normalized spacial score (nSPS) is 14.8. The number of ether oxygens (including phenoxy) is 2. The van der Waals surface area contributed by atoms with Gasteiger partial charge in [0.05, 0.1) is 30.9 Å². The van der Waals surface area contributed by atoms with Crippen LogP contribution >= 0.6 is 12.2 Å². The molecule has 40 heavy (non-hydrogen) atoms. The van der Waals surface area contributed by atoms with Crippen LogP contribution < -0.4 is 15.0 Å². The van der Waals surface area contributed by atoms with Crippen LogP contribution in [0.3, 0.4) is 0 Å². The topological polar surface area (TPSA) is 88.2 Å². The molecule has 3 aromatic rings. The first-order valence-electron chi connectivity index (χ1n) is 13.0. The van der Waals surface area contributed by atoms with E-state index in [2.05, 4.69) is 5.32 Å². The molecular weight excluding hydrogens is 533 g/mol. The Hall–Kier alpha value is -4.31. The number of amides is 2. The van der Waals surface area contributed by atoms with E-state index < -0.39 is 12.0 Å². The van der Waals surface area contributed by atoms with Crippen LogP contribution in [0.2, 0.25) is 0 Å². The van der Waals surface area contributed by atoms with Crippen LogP contribution in [0.15, 0.2) is 72.8 Å². The van der Waals surface area contributed by atoms with Crippen molar-refractivity contribution < 1.29 is 28.2 Å². The smallest absolute Gasteiger partial charge is 0.338 e. The fourth-order valence-electron chi connectivity index (χ4n) is 4.24. The van der Waals surface area contributed by atoms with E-state index in [-0.39, 0.29) is 42.3 Å². The van der Waals surface area contributed by atoms with Crippen molar-refractivity contribution in [3.05, 3.63) is 89.7 Å². The molecule has 0 aliphatic carbocycles. The van der Waals surface area contributed by atoms with Gasteiger partial charge in [0.2, 0.25) is 5.91 Å². The maximum atomic E-state index is 13.7. The highest BCUT2D eigenvalue weighted by molar-refractivity contribution is 7.80. The zero-order valence-electron chi connectivity index (χ0n) is 22.3. The number of benzene rings is 3. The molecule has 1 atom stereocenters. The maximum Gasteiger partial charge on any atom is 0.338 e. The summed E-state index contributed by atoms with van der Waals surface area (Å²) in [7, 11) is 0. The zero-order chi connectivity index (χ0) is 28.6. The molecule has 8 nitrogen and oxygen atoms in total. The number of anilines is 2. The number of esters is 1. The van der Waals surface area contributed by atoms with E-state index >= 15 is 0 Å². The van der Waals surface area contributed by atoms with Gasteiger partial charge in [0.15, 0.2) is 5.11 Å². The lowest BCUT2D eigenvalue weighted by atomic mass is 10.1. The molecule has 1 fully saturated rings. The van der Waals surface area contributed by atoms with Crippen molar-refractivity contribution >= 4 is 46.5 Å². The molecule has 0 aromatic heterocycles. The van der Waals surface area contributed by atoms with Crippen LogP contribution in [0.5, 0.6) is 5.75 Å². The molecule has 2 amide bonds. The number of hydrogen-bond donors (Lipinski definition) is 1. The van der Waals surface area contributed by atoms with Crippen molar-refractivity contribution in [1.82, 2.24) is 4.90 Å². The minimum Gasteiger partial charge on any atom is -0.494 e. The minimum atomic E-state index is -0.894. The van der Waals surface area contributed by atoms with E-state index in [1.165, 1.54) is 17.0 Å². The molecule has 0 spiro atoms. The third-order valence-electron chi connectivity index (χ3n) is 6.21. The van der Waals surface area contributed by atoms with Crippen LogP contribution in [-0.2, 0) is 20.9 Å². The number of hydrogen-bond acceptors (Lipinski definition) is 6. The molecule has 4 rings (SSSR count). The molecule has 1 heterocycles. The second-order valence-electron chi connectivity index (χ2n) is 9.12. The van der Waals surface area contributed by atoms with Gasteiger partial charge in [-0.25, -0.2) is 9.18 Å². The van der Waals surface area contributed by atoms with Gasteiger partial charge in [-0.2, -0.15) is 0 Å². The average Bonchev–Trinajstić information content (AvgIpc) is 3.17. The molecule has 0 saturated carbocycles. The summed E-state index contributed by atoms with van der Waals surface area (Å²) in [5.41, 5.74) is 2.09. The Labute approximate surface area is 237 Å². The minimum absolute atomic E-state index is 0.161. The fraction of sp³-hybridized carbons (Fsp3) is 0.267. The summed E-state index contributed by atoms with van der Waals surface area (Å²) in [6.07, 6.45) is 0.725. The molecule has 1 saturated heterocycles. The summed E-state index contributed by atoms with van der Waals surface area (Å²) in [5.74, 6) is -0.899. The van der Waals surface area contributed by atoms with Crippen LogP contribution in [0.25, 0.3) is 0 Å². The Morgan fingerprint density at radius 1 is 0.975 bits per heavy atom. The average molecular weight is 564 g/mol. The van der Waals surface area contributed by atoms with Gasteiger partial charge < -0.3 is 19.7 Å². The van der Waals surface area contributed by atoms with Crippen molar-refractivity contribution in [2.45, 2.75) is 39.3 Å². The van der Waals surface area contributed by atoms with E-state index in [0.717, 1.165) is 12.0 Å². The highest BCUT2D eigenvalue weighted by Gasteiger charge is 2.44. The highest BCUT2D eigenvalue weighted by Crippen LogP contribution is 2.29. The summed E-state index contributed by atoms with van der Waals surface area (Å²) in [5, 5.41) is 3.03. The third kappa shape index (κ3) is 6.81. The summed E-state index contributed by atoms with van der Waals surface area (Å²) in [6.45, 7) is 4.78. The van der Waals surface area contributed by atoms with Gasteiger partial charge >= 0.3 is 5.97 Å². The van der Waals surface area contributed by atoms with E-state index in [4.69, 9.17) is 21.7 Å². The monoisotopic (exact) mass is 563 g/mol. The number of thiocarbonyl (C=S) groups is 1. The van der Waals surface area contributed by atoms with Gasteiger partial charge in [-0.05, 0) is 91.8 Å². The van der Waals surface area contributed by atoms with Crippen LogP contribution in [-0.4, -0.2) is 47.1 Å². The molecule has 1 N–H and O–H groups in total. The molecule has 0 bridgehead atoms. The number of halogens is 1. The Morgan fingerprint density at radius 2 is 1.65 bits per heavy atom. The fourth-order valence-corrected chi connectivity index (χ4v) is 4.63. The van der Waals surface area contributed by atoms with Crippen molar-refractivity contribution in [2.24, 2.45) is 0 Å². The molecular formula is C30H30FN3O5S. The van der Waals surface area contributed by atoms with E-state index in [0.29, 0.717) is 29.3 Å². The van der Waals surface area contributed by atoms with Gasteiger partial charge in [0, 0.05) is 12.2 Å². The van der Waals surface area contributed by atoms with Gasteiger partial charge in [-0.1, -0.05) is 19.1 Å². The molecule has 0 unspecified atom stereocenters. The molecule has 0 radical (unpaired) electrons.